The molecule has 0 unspecified atom stereocenters. The first-order chi connectivity index (χ1) is 12.8. The van der Waals surface area contributed by atoms with Crippen LogP contribution in [0.15, 0.2) is 52.0 Å². The fourth-order valence-corrected chi connectivity index (χ4v) is 4.45. The van der Waals surface area contributed by atoms with Crippen LogP contribution in [0.5, 0.6) is 0 Å². The van der Waals surface area contributed by atoms with E-state index < -0.39 is 0 Å². The van der Waals surface area contributed by atoms with Crippen molar-refractivity contribution in [1.82, 2.24) is 5.43 Å². The number of hydrazone groups is 1. The first-order valence-electron chi connectivity index (χ1n) is 9.32. The van der Waals surface area contributed by atoms with Crippen molar-refractivity contribution in [1.29, 1.82) is 0 Å². The van der Waals surface area contributed by atoms with Crippen LogP contribution in [0.4, 0.5) is 5.69 Å². The molecule has 1 aliphatic heterocycles. The van der Waals surface area contributed by atoms with Gasteiger partial charge in [0.1, 0.15) is 0 Å². The van der Waals surface area contributed by atoms with Crippen molar-refractivity contribution in [2.45, 2.75) is 45.6 Å². The molecule has 0 radical (unpaired) electrons. The van der Waals surface area contributed by atoms with Gasteiger partial charge in [0.15, 0.2) is 0 Å². The van der Waals surface area contributed by atoms with Gasteiger partial charge in [0.05, 0.1) is 6.21 Å². The van der Waals surface area contributed by atoms with Gasteiger partial charge in [-0.3, -0.25) is 4.79 Å². The van der Waals surface area contributed by atoms with Crippen molar-refractivity contribution in [2.75, 3.05) is 11.4 Å². The summed E-state index contributed by atoms with van der Waals surface area (Å²) in [6.45, 7) is 10.1. The summed E-state index contributed by atoms with van der Waals surface area (Å²) in [5.41, 5.74) is 6.97. The monoisotopic (exact) mass is 427 g/mol. The van der Waals surface area contributed by atoms with E-state index in [1.165, 1.54) is 11.3 Å². The highest BCUT2D eigenvalue weighted by Crippen LogP contribution is 2.43. The van der Waals surface area contributed by atoms with Crippen LogP contribution in [0.3, 0.4) is 0 Å². The van der Waals surface area contributed by atoms with Gasteiger partial charge in [0, 0.05) is 27.8 Å². The van der Waals surface area contributed by atoms with Crippen molar-refractivity contribution in [3.63, 3.8) is 0 Å². The quantitative estimate of drug-likeness (QED) is 0.529. The highest BCUT2D eigenvalue weighted by molar-refractivity contribution is 9.10. The lowest BCUT2D eigenvalue weighted by Crippen LogP contribution is -2.48. The molecular weight excluding hydrogens is 402 g/mol. The lowest BCUT2D eigenvalue weighted by atomic mass is 9.79. The van der Waals surface area contributed by atoms with E-state index >= 15 is 0 Å². The number of carbonyl (C=O) groups is 1. The summed E-state index contributed by atoms with van der Waals surface area (Å²) in [4.78, 5) is 14.6. The van der Waals surface area contributed by atoms with Crippen molar-refractivity contribution in [2.24, 2.45) is 5.10 Å². The zero-order valence-corrected chi connectivity index (χ0v) is 17.9. The molecule has 0 fully saturated rings. The SMILES string of the molecule is CCN1c2ccc(/C=N\NC(=O)c3cccc(Br)c3)cc2[C@@H](C)CC1(C)C. The van der Waals surface area contributed by atoms with Crippen molar-refractivity contribution < 1.29 is 4.79 Å². The molecule has 0 spiro atoms. The fraction of sp³-hybridized carbons (Fsp3) is 0.364. The molecule has 0 aliphatic carbocycles. The molecule has 1 heterocycles. The minimum absolute atomic E-state index is 0.161. The molecule has 27 heavy (non-hydrogen) atoms. The zero-order valence-electron chi connectivity index (χ0n) is 16.3. The Morgan fingerprint density at radius 1 is 1.33 bits per heavy atom. The van der Waals surface area contributed by atoms with Gasteiger partial charge >= 0.3 is 0 Å². The molecule has 0 aromatic heterocycles. The van der Waals surface area contributed by atoms with E-state index in [1.54, 1.807) is 18.3 Å². The molecular formula is C22H26BrN3O. The maximum atomic E-state index is 12.2. The van der Waals surface area contributed by atoms with E-state index in [-0.39, 0.29) is 11.4 Å². The average Bonchev–Trinajstić information content (AvgIpc) is 2.61. The van der Waals surface area contributed by atoms with Crippen LogP contribution in [0, 0.1) is 0 Å². The van der Waals surface area contributed by atoms with Gasteiger partial charge in [-0.15, -0.1) is 0 Å². The summed E-state index contributed by atoms with van der Waals surface area (Å²) in [6.07, 6.45) is 2.83. The van der Waals surface area contributed by atoms with Crippen molar-refractivity contribution >= 4 is 33.7 Å². The Kier molecular flexibility index (Phi) is 5.70. The predicted octanol–water partition coefficient (Wildman–Crippen LogP) is 5.33. The molecule has 0 saturated carbocycles. The molecule has 1 aliphatic rings. The van der Waals surface area contributed by atoms with Crippen molar-refractivity contribution in [3.05, 3.63) is 63.6 Å². The number of carbonyl (C=O) groups excluding carboxylic acids is 1. The van der Waals surface area contributed by atoms with E-state index in [1.807, 2.05) is 12.1 Å². The van der Waals surface area contributed by atoms with Crippen LogP contribution in [-0.4, -0.2) is 24.2 Å². The molecule has 1 N–H and O–H groups in total. The van der Waals surface area contributed by atoms with E-state index in [0.29, 0.717) is 11.5 Å². The minimum Gasteiger partial charge on any atom is -0.366 e. The third-order valence-electron chi connectivity index (χ3n) is 5.19. The average molecular weight is 428 g/mol. The van der Waals surface area contributed by atoms with Crippen LogP contribution < -0.4 is 10.3 Å². The number of nitrogens with one attached hydrogen (secondary N) is 1. The first-order valence-corrected chi connectivity index (χ1v) is 10.1. The number of benzene rings is 2. The van der Waals surface area contributed by atoms with E-state index in [4.69, 9.17) is 0 Å². The summed E-state index contributed by atoms with van der Waals surface area (Å²) < 4.78 is 0.867. The molecule has 142 valence electrons. The molecule has 2 aromatic carbocycles. The Labute approximate surface area is 169 Å². The third-order valence-corrected chi connectivity index (χ3v) is 5.69. The number of hydrogen-bond donors (Lipinski definition) is 1. The van der Waals surface area contributed by atoms with Crippen LogP contribution in [0.2, 0.25) is 0 Å². The number of amides is 1. The molecule has 0 bridgehead atoms. The number of rotatable bonds is 4. The van der Waals surface area contributed by atoms with E-state index in [9.17, 15) is 4.79 Å². The second-order valence-corrected chi connectivity index (χ2v) is 8.61. The highest BCUT2D eigenvalue weighted by atomic mass is 79.9. The van der Waals surface area contributed by atoms with Crippen LogP contribution in [0.25, 0.3) is 0 Å². The summed E-state index contributed by atoms with van der Waals surface area (Å²) in [7, 11) is 0. The largest absolute Gasteiger partial charge is 0.366 e. The molecule has 5 heteroatoms. The van der Waals surface area contributed by atoms with Gasteiger partial charge in [0.25, 0.3) is 5.91 Å². The van der Waals surface area contributed by atoms with Gasteiger partial charge in [-0.05, 0) is 74.6 Å². The number of nitrogens with zero attached hydrogens (tertiary/aromatic N) is 2. The van der Waals surface area contributed by atoms with E-state index in [0.717, 1.165) is 23.0 Å². The summed E-state index contributed by atoms with van der Waals surface area (Å²) in [5.74, 6) is 0.264. The Bertz CT molecular complexity index is 876. The van der Waals surface area contributed by atoms with Crippen LogP contribution >= 0.6 is 15.9 Å². The second kappa shape index (κ2) is 7.85. The molecule has 4 nitrogen and oxygen atoms in total. The first kappa shape index (κ1) is 19.6. The standard InChI is InChI=1S/C22H26BrN3O/c1-5-26-20-10-9-16(11-19(20)15(2)13-22(26,3)4)14-24-25-21(27)17-7-6-8-18(23)12-17/h6-12,14-15H,5,13H2,1-4H3,(H,25,27)/b24-14-/t15-/m0/s1. The summed E-state index contributed by atoms with van der Waals surface area (Å²) in [5, 5.41) is 4.14. The number of hydrogen-bond acceptors (Lipinski definition) is 3. The van der Waals surface area contributed by atoms with Gasteiger partial charge in [-0.2, -0.15) is 5.10 Å². The fourth-order valence-electron chi connectivity index (χ4n) is 4.05. The third kappa shape index (κ3) is 4.24. The Morgan fingerprint density at radius 2 is 2.11 bits per heavy atom. The highest BCUT2D eigenvalue weighted by Gasteiger charge is 2.35. The van der Waals surface area contributed by atoms with Crippen LogP contribution in [-0.2, 0) is 0 Å². The Morgan fingerprint density at radius 3 is 2.81 bits per heavy atom. The molecule has 1 atom stereocenters. The summed E-state index contributed by atoms with van der Waals surface area (Å²) >= 11 is 3.37. The predicted molar refractivity (Wildman–Crippen MR) is 116 cm³/mol. The molecule has 1 amide bonds. The number of fused-ring (bicyclic) bond motifs is 1. The zero-order chi connectivity index (χ0) is 19.6. The lowest BCUT2D eigenvalue weighted by Gasteiger charge is -2.47. The normalized spacial score (nSPS) is 18.4. The molecule has 0 saturated heterocycles. The number of anilines is 1. The van der Waals surface area contributed by atoms with Gasteiger partial charge in [-0.25, -0.2) is 5.43 Å². The van der Waals surface area contributed by atoms with Crippen LogP contribution in [0.1, 0.15) is 61.5 Å². The molecule has 3 rings (SSSR count). The van der Waals surface area contributed by atoms with Crippen molar-refractivity contribution in [3.8, 4) is 0 Å². The summed E-state index contributed by atoms with van der Waals surface area (Å²) in [6, 6.07) is 13.7. The van der Waals surface area contributed by atoms with Gasteiger partial charge < -0.3 is 4.90 Å². The molecule has 2 aromatic rings. The van der Waals surface area contributed by atoms with Gasteiger partial charge in [-0.1, -0.05) is 35.0 Å². The second-order valence-electron chi connectivity index (χ2n) is 7.69. The maximum Gasteiger partial charge on any atom is 0.271 e. The minimum atomic E-state index is -0.224. The maximum absolute atomic E-state index is 12.2. The smallest absolute Gasteiger partial charge is 0.271 e. The van der Waals surface area contributed by atoms with Gasteiger partial charge in [0.2, 0.25) is 0 Å². The number of halogens is 1. The van der Waals surface area contributed by atoms with E-state index in [2.05, 4.69) is 77.3 Å². The Hall–Kier alpha value is -2.14. The topological polar surface area (TPSA) is 44.7 Å². The lowest BCUT2D eigenvalue weighted by molar-refractivity contribution is 0.0955. The Balaban J connectivity index is 1.76.